The molecule has 4 atom stereocenters. The van der Waals surface area contributed by atoms with E-state index >= 15 is 0 Å². The Bertz CT molecular complexity index is 662. The van der Waals surface area contributed by atoms with E-state index in [0.29, 0.717) is 11.5 Å². The van der Waals surface area contributed by atoms with Crippen molar-refractivity contribution >= 4 is 17.4 Å². The third kappa shape index (κ3) is 6.61. The molecule has 0 aliphatic carbocycles. The lowest BCUT2D eigenvalue weighted by Gasteiger charge is -2.28. The molecule has 2 heterocycles. The smallest absolute Gasteiger partial charge is 0.205 e. The second-order valence-electron chi connectivity index (χ2n) is 5.47. The number of aromatic nitrogens is 6. The van der Waals surface area contributed by atoms with E-state index in [1.807, 2.05) is 0 Å². The van der Waals surface area contributed by atoms with Crippen LogP contribution in [0.5, 0.6) is 0 Å². The molecule has 0 aromatic carbocycles. The topological polar surface area (TPSA) is 161 Å². The molecule has 0 aliphatic heterocycles. The second kappa shape index (κ2) is 11.0. The summed E-state index contributed by atoms with van der Waals surface area (Å²) in [5, 5.41) is 47.4. The van der Waals surface area contributed by atoms with Crippen molar-refractivity contribution in [2.45, 2.75) is 38.2 Å². The fourth-order valence-electron chi connectivity index (χ4n) is 2.00. The van der Waals surface area contributed by atoms with Crippen molar-refractivity contribution in [1.29, 1.82) is 0 Å². The molecule has 2 aromatic rings. The quantitative estimate of drug-likeness (QED) is 0.251. The Morgan fingerprint density at radius 1 is 1.33 bits per heavy atom. The largest absolute Gasteiger partial charge is 0.394 e. The van der Waals surface area contributed by atoms with Gasteiger partial charge in [0, 0.05) is 5.88 Å². The van der Waals surface area contributed by atoms with Crippen molar-refractivity contribution in [2.24, 2.45) is 0 Å². The Hall–Kier alpha value is -1.96. The molecule has 0 saturated carbocycles. The van der Waals surface area contributed by atoms with Crippen LogP contribution in [0, 0.1) is 0 Å². The molecular weight excluding hydrogens is 382 g/mol. The SMILES string of the molecule is CC(O)C(CO)OC(OCCCl)[C@@H](O)n1cc(CNc2cnncn2)nn1. The van der Waals surface area contributed by atoms with Crippen molar-refractivity contribution < 1.29 is 24.8 Å². The van der Waals surface area contributed by atoms with Gasteiger partial charge in [-0.3, -0.25) is 0 Å². The van der Waals surface area contributed by atoms with Crippen molar-refractivity contribution in [3.8, 4) is 0 Å². The van der Waals surface area contributed by atoms with Crippen LogP contribution in [0.3, 0.4) is 0 Å². The average molecular weight is 404 g/mol. The van der Waals surface area contributed by atoms with E-state index in [9.17, 15) is 15.3 Å². The number of ether oxygens (including phenoxy) is 2. The Kier molecular flexibility index (Phi) is 8.71. The highest BCUT2D eigenvalue weighted by molar-refractivity contribution is 6.17. The molecule has 0 aliphatic rings. The third-order valence-electron chi connectivity index (χ3n) is 3.40. The van der Waals surface area contributed by atoms with E-state index in [1.165, 1.54) is 25.6 Å². The van der Waals surface area contributed by atoms with Gasteiger partial charge in [0.25, 0.3) is 0 Å². The number of nitrogens with zero attached hydrogens (tertiary/aromatic N) is 6. The number of hydrogen-bond donors (Lipinski definition) is 4. The van der Waals surface area contributed by atoms with Crippen molar-refractivity contribution in [1.82, 2.24) is 30.2 Å². The number of alkyl halides is 1. The van der Waals surface area contributed by atoms with Gasteiger partial charge in [-0.1, -0.05) is 5.21 Å². The second-order valence-corrected chi connectivity index (χ2v) is 5.85. The summed E-state index contributed by atoms with van der Waals surface area (Å²) in [5.74, 6) is 0.680. The first-order valence-electron chi connectivity index (χ1n) is 8.12. The molecule has 2 aromatic heterocycles. The number of nitrogens with one attached hydrogen (secondary N) is 1. The van der Waals surface area contributed by atoms with Crippen LogP contribution in [0.15, 0.2) is 18.7 Å². The van der Waals surface area contributed by atoms with Gasteiger partial charge in [0.1, 0.15) is 23.9 Å². The molecule has 2 rings (SSSR count). The molecule has 0 radical (unpaired) electrons. The Labute approximate surface area is 160 Å². The van der Waals surface area contributed by atoms with Gasteiger partial charge in [-0.05, 0) is 6.92 Å². The number of hydrogen-bond acceptors (Lipinski definition) is 11. The summed E-state index contributed by atoms with van der Waals surface area (Å²) in [6, 6.07) is 0. The molecule has 0 fully saturated rings. The maximum Gasteiger partial charge on any atom is 0.205 e. The number of aliphatic hydroxyl groups is 3. The summed E-state index contributed by atoms with van der Waals surface area (Å²) in [6.45, 7) is 1.37. The average Bonchev–Trinajstić information content (AvgIpc) is 3.15. The van der Waals surface area contributed by atoms with Gasteiger partial charge in [-0.2, -0.15) is 5.10 Å². The number of aliphatic hydroxyl groups excluding tert-OH is 3. The lowest BCUT2D eigenvalue weighted by atomic mass is 10.2. The fourth-order valence-corrected chi connectivity index (χ4v) is 2.09. The van der Waals surface area contributed by atoms with Crippen LogP contribution in [-0.4, -0.2) is 83.1 Å². The molecule has 0 saturated heterocycles. The zero-order valence-corrected chi connectivity index (χ0v) is 15.3. The summed E-state index contributed by atoms with van der Waals surface area (Å²) in [5.41, 5.74) is 0.512. The zero-order chi connectivity index (χ0) is 19.6. The summed E-state index contributed by atoms with van der Waals surface area (Å²) in [7, 11) is 0. The number of rotatable bonds is 12. The third-order valence-corrected chi connectivity index (χ3v) is 3.56. The van der Waals surface area contributed by atoms with E-state index in [4.69, 9.17) is 21.1 Å². The van der Waals surface area contributed by atoms with Crippen LogP contribution < -0.4 is 5.32 Å². The fraction of sp³-hybridized carbons (Fsp3) is 0.643. The highest BCUT2D eigenvalue weighted by Crippen LogP contribution is 2.16. The first-order chi connectivity index (χ1) is 13.0. The molecule has 0 spiro atoms. The lowest BCUT2D eigenvalue weighted by Crippen LogP contribution is -2.40. The minimum absolute atomic E-state index is 0.0884. The van der Waals surface area contributed by atoms with Crippen LogP contribution in [0.2, 0.25) is 0 Å². The van der Waals surface area contributed by atoms with E-state index in [1.54, 1.807) is 0 Å². The summed E-state index contributed by atoms with van der Waals surface area (Å²) < 4.78 is 12.0. The summed E-state index contributed by atoms with van der Waals surface area (Å²) in [4.78, 5) is 3.97. The van der Waals surface area contributed by atoms with Gasteiger partial charge in [-0.25, -0.2) is 9.67 Å². The molecule has 3 unspecified atom stereocenters. The molecule has 27 heavy (non-hydrogen) atoms. The molecule has 4 N–H and O–H groups in total. The van der Waals surface area contributed by atoms with Gasteiger partial charge in [-0.15, -0.1) is 21.8 Å². The molecule has 13 heteroatoms. The van der Waals surface area contributed by atoms with E-state index in [-0.39, 0.29) is 19.0 Å². The van der Waals surface area contributed by atoms with Gasteiger partial charge in [0.15, 0.2) is 6.23 Å². The highest BCUT2D eigenvalue weighted by atomic mass is 35.5. The lowest BCUT2D eigenvalue weighted by molar-refractivity contribution is -0.252. The molecular formula is C14H22ClN7O5. The molecule has 150 valence electrons. The highest BCUT2D eigenvalue weighted by Gasteiger charge is 2.29. The Morgan fingerprint density at radius 3 is 2.78 bits per heavy atom. The standard InChI is InChI=1S/C14H22ClN7O5/c1-9(24)11(7-23)27-14(26-3-2-15)13(25)22-6-10(20-21-22)4-16-12-5-18-19-8-17-12/h5-6,8-9,11,13-14,23-25H,2-4,7H2,1H3,(H,16,17,19)/t9?,11?,13-,14?/m1/s1. The van der Waals surface area contributed by atoms with Gasteiger partial charge in [0.2, 0.25) is 6.29 Å². The predicted molar refractivity (Wildman–Crippen MR) is 92.5 cm³/mol. The van der Waals surface area contributed by atoms with Crippen molar-refractivity contribution in [3.63, 3.8) is 0 Å². The van der Waals surface area contributed by atoms with Crippen LogP contribution >= 0.6 is 11.6 Å². The van der Waals surface area contributed by atoms with E-state index < -0.39 is 31.3 Å². The van der Waals surface area contributed by atoms with Crippen LogP contribution in [0.1, 0.15) is 18.8 Å². The van der Waals surface area contributed by atoms with E-state index in [2.05, 4.69) is 30.8 Å². The molecule has 0 bridgehead atoms. The summed E-state index contributed by atoms with van der Waals surface area (Å²) in [6.07, 6.45) is -0.265. The van der Waals surface area contributed by atoms with Crippen molar-refractivity contribution in [2.75, 3.05) is 24.4 Å². The van der Waals surface area contributed by atoms with E-state index in [0.717, 1.165) is 4.68 Å². The monoisotopic (exact) mass is 403 g/mol. The van der Waals surface area contributed by atoms with Gasteiger partial charge in [0.05, 0.1) is 38.3 Å². The predicted octanol–water partition coefficient (Wildman–Crippen LogP) is -1.09. The maximum absolute atomic E-state index is 10.5. The van der Waals surface area contributed by atoms with Crippen LogP contribution in [-0.2, 0) is 16.0 Å². The minimum atomic E-state index is -1.37. The molecule has 12 nitrogen and oxygen atoms in total. The Morgan fingerprint density at radius 2 is 2.15 bits per heavy atom. The maximum atomic E-state index is 10.5. The first kappa shape index (κ1) is 21.3. The number of halogens is 1. The van der Waals surface area contributed by atoms with Crippen LogP contribution in [0.4, 0.5) is 5.82 Å². The molecule has 0 amide bonds. The van der Waals surface area contributed by atoms with Crippen molar-refractivity contribution in [3.05, 3.63) is 24.4 Å². The number of anilines is 1. The van der Waals surface area contributed by atoms with Gasteiger partial charge < -0.3 is 30.1 Å². The van der Waals surface area contributed by atoms with Gasteiger partial charge >= 0.3 is 0 Å². The first-order valence-corrected chi connectivity index (χ1v) is 8.66. The summed E-state index contributed by atoms with van der Waals surface area (Å²) >= 11 is 5.61. The Balaban J connectivity index is 2.01. The van der Waals surface area contributed by atoms with Crippen LogP contribution in [0.25, 0.3) is 0 Å². The minimum Gasteiger partial charge on any atom is -0.394 e. The zero-order valence-electron chi connectivity index (χ0n) is 14.6. The normalized spacial score (nSPS) is 15.9.